The zero-order valence-electron chi connectivity index (χ0n) is 18.1. The Morgan fingerprint density at radius 3 is 2.19 bits per heavy atom. The van der Waals surface area contributed by atoms with Crippen molar-refractivity contribution in [3.05, 3.63) is 17.0 Å². The quantitative estimate of drug-likeness (QED) is 0.371. The number of carbonyl (C=O) groups excluding carboxylic acids is 1. The Balaban J connectivity index is 0.000000316. The van der Waals surface area contributed by atoms with E-state index in [0.717, 1.165) is 6.04 Å². The molecule has 11 heteroatoms. The number of halogens is 4. The third-order valence-electron chi connectivity index (χ3n) is 5.28. The first kappa shape index (κ1) is 25.5. The molecule has 176 valence electrons. The molecular formula is C20H30F4N2O4Si. The van der Waals surface area contributed by atoms with Crippen molar-refractivity contribution in [3.63, 3.8) is 0 Å². The van der Waals surface area contributed by atoms with Crippen molar-refractivity contribution in [2.45, 2.75) is 89.2 Å². The van der Waals surface area contributed by atoms with Crippen LogP contribution in [0.25, 0.3) is 0 Å². The van der Waals surface area contributed by atoms with Gasteiger partial charge in [0.1, 0.15) is 12.5 Å². The highest BCUT2D eigenvalue weighted by molar-refractivity contribution is 6.76. The second-order valence-electron chi connectivity index (χ2n) is 9.35. The molecule has 1 aromatic rings. The van der Waals surface area contributed by atoms with E-state index in [1.165, 1.54) is 4.68 Å². The second-order valence-corrected chi connectivity index (χ2v) is 15.0. The van der Waals surface area contributed by atoms with Crippen LogP contribution in [0.5, 0.6) is 0 Å². The molecule has 0 unspecified atom stereocenters. The van der Waals surface area contributed by atoms with E-state index < -0.39 is 32.3 Å². The Morgan fingerprint density at radius 2 is 1.68 bits per heavy atom. The summed E-state index contributed by atoms with van der Waals surface area (Å²) in [7, 11) is -1.20. The highest BCUT2D eigenvalue weighted by atomic mass is 28.3. The normalized spacial score (nSPS) is 19.9. The van der Waals surface area contributed by atoms with Crippen LogP contribution in [0.15, 0.2) is 0 Å². The topological polar surface area (TPSA) is 81.4 Å². The number of hydrogen-bond acceptors (Lipinski definition) is 4. The Labute approximate surface area is 180 Å². The number of alkyl halides is 4. The molecule has 1 aromatic heterocycles. The van der Waals surface area contributed by atoms with E-state index in [1.807, 2.05) is 0 Å². The molecule has 0 atom stereocenters. The van der Waals surface area contributed by atoms with Gasteiger partial charge in [0, 0.05) is 64.5 Å². The fourth-order valence-electron chi connectivity index (χ4n) is 3.35. The number of aromatic nitrogens is 2. The number of Topliss-reactive ketones (excluding diaryl/α,β-unsaturated/α-hetero) is 1. The molecule has 0 saturated heterocycles. The van der Waals surface area contributed by atoms with Crippen molar-refractivity contribution in [1.82, 2.24) is 9.78 Å². The van der Waals surface area contributed by atoms with E-state index in [-0.39, 0.29) is 62.3 Å². The molecule has 0 radical (unpaired) electrons. The van der Waals surface area contributed by atoms with Gasteiger partial charge in [-0.1, -0.05) is 19.6 Å². The number of carbonyl (C=O) groups is 2. The van der Waals surface area contributed by atoms with Gasteiger partial charge in [-0.05, 0) is 12.5 Å². The molecule has 0 aromatic carbocycles. The zero-order valence-corrected chi connectivity index (χ0v) is 19.1. The van der Waals surface area contributed by atoms with Gasteiger partial charge < -0.3 is 9.84 Å². The summed E-state index contributed by atoms with van der Waals surface area (Å²) in [5, 5.41) is 13.1. The maximum Gasteiger partial charge on any atom is 0.356 e. The summed E-state index contributed by atoms with van der Waals surface area (Å²) in [6, 6.07) is 0.986. The van der Waals surface area contributed by atoms with Gasteiger partial charge >= 0.3 is 5.97 Å². The molecule has 2 aliphatic rings. The zero-order chi connectivity index (χ0) is 23.4. The third-order valence-corrected chi connectivity index (χ3v) is 6.99. The number of ether oxygens (including phenoxy) is 1. The third kappa shape index (κ3) is 8.02. The molecule has 0 spiro atoms. The molecule has 3 rings (SSSR count). The van der Waals surface area contributed by atoms with Gasteiger partial charge in [0.05, 0.1) is 0 Å². The van der Waals surface area contributed by atoms with E-state index in [9.17, 15) is 27.2 Å². The lowest BCUT2D eigenvalue weighted by molar-refractivity contribution is -0.128. The van der Waals surface area contributed by atoms with Crippen molar-refractivity contribution in [1.29, 1.82) is 0 Å². The Kier molecular flexibility index (Phi) is 8.07. The number of nitrogens with zero attached hydrogens (tertiary/aromatic N) is 2. The van der Waals surface area contributed by atoms with Crippen molar-refractivity contribution in [3.8, 4) is 0 Å². The summed E-state index contributed by atoms with van der Waals surface area (Å²) < 4.78 is 58.5. The fraction of sp³-hybridized carbons (Fsp3) is 0.750. The van der Waals surface area contributed by atoms with E-state index in [2.05, 4.69) is 24.7 Å². The first-order valence-corrected chi connectivity index (χ1v) is 14.1. The summed E-state index contributed by atoms with van der Waals surface area (Å²) in [4.78, 5) is 21.6. The number of ketones is 1. The van der Waals surface area contributed by atoms with Crippen molar-refractivity contribution in [2.75, 3.05) is 6.61 Å². The van der Waals surface area contributed by atoms with Crippen LogP contribution < -0.4 is 0 Å². The van der Waals surface area contributed by atoms with Crippen molar-refractivity contribution < 1.29 is 37.0 Å². The molecule has 0 amide bonds. The van der Waals surface area contributed by atoms with Gasteiger partial charge in [-0.25, -0.2) is 27.0 Å². The van der Waals surface area contributed by atoms with Gasteiger partial charge in [-0.15, -0.1) is 0 Å². The van der Waals surface area contributed by atoms with Crippen LogP contribution in [0.1, 0.15) is 53.8 Å². The average Bonchev–Trinajstić information content (AvgIpc) is 2.98. The molecule has 2 aliphatic carbocycles. The minimum absolute atomic E-state index is 0.0269. The lowest BCUT2D eigenvalue weighted by atomic mass is 9.92. The molecule has 1 fully saturated rings. The van der Waals surface area contributed by atoms with Crippen LogP contribution in [0.4, 0.5) is 17.6 Å². The summed E-state index contributed by atoms with van der Waals surface area (Å²) >= 11 is 0. The molecule has 31 heavy (non-hydrogen) atoms. The second kappa shape index (κ2) is 9.80. The number of carboxylic acid groups (broad SMARTS) is 1. The molecule has 0 bridgehead atoms. The van der Waals surface area contributed by atoms with E-state index >= 15 is 0 Å². The maximum absolute atomic E-state index is 13.5. The first-order valence-electron chi connectivity index (χ1n) is 10.4. The number of hydrogen-bond donors (Lipinski definition) is 1. The van der Waals surface area contributed by atoms with E-state index in [1.54, 1.807) is 0 Å². The summed E-state index contributed by atoms with van der Waals surface area (Å²) in [6.45, 7) is 7.39. The van der Waals surface area contributed by atoms with Crippen molar-refractivity contribution >= 4 is 19.8 Å². The average molecular weight is 467 g/mol. The van der Waals surface area contributed by atoms with Crippen LogP contribution in [-0.2, 0) is 29.1 Å². The molecule has 1 saturated carbocycles. The SMILES string of the molecule is C[Si](C)(C)CCOCn1nc(C(=O)O)c2c1CCC(F)(F)C2.O=C1CCC(F)(F)CC1. The van der Waals surface area contributed by atoms with Crippen LogP contribution in [0.3, 0.4) is 0 Å². The van der Waals surface area contributed by atoms with Crippen LogP contribution >= 0.6 is 0 Å². The van der Waals surface area contributed by atoms with Crippen LogP contribution in [0, 0.1) is 0 Å². The van der Waals surface area contributed by atoms with E-state index in [4.69, 9.17) is 9.84 Å². The summed E-state index contributed by atoms with van der Waals surface area (Å²) in [6.07, 6.45) is -1.07. The lowest BCUT2D eigenvalue weighted by Gasteiger charge is -2.22. The van der Waals surface area contributed by atoms with Gasteiger partial charge in [-0.3, -0.25) is 4.79 Å². The monoisotopic (exact) mass is 466 g/mol. The largest absolute Gasteiger partial charge is 0.476 e. The minimum Gasteiger partial charge on any atom is -0.476 e. The number of rotatable bonds is 6. The highest BCUT2D eigenvalue weighted by Crippen LogP contribution is 2.35. The Morgan fingerprint density at radius 1 is 1.10 bits per heavy atom. The lowest BCUT2D eigenvalue weighted by Crippen LogP contribution is -2.27. The smallest absolute Gasteiger partial charge is 0.356 e. The van der Waals surface area contributed by atoms with Gasteiger partial charge in [0.25, 0.3) is 5.92 Å². The molecule has 1 heterocycles. The predicted molar refractivity (Wildman–Crippen MR) is 109 cm³/mol. The molecule has 0 aliphatic heterocycles. The van der Waals surface area contributed by atoms with Crippen LogP contribution in [0.2, 0.25) is 25.7 Å². The van der Waals surface area contributed by atoms with E-state index in [0.29, 0.717) is 12.3 Å². The minimum atomic E-state index is -2.86. The summed E-state index contributed by atoms with van der Waals surface area (Å²) in [5.74, 6) is -6.71. The fourth-order valence-corrected chi connectivity index (χ4v) is 4.11. The standard InChI is InChI=1S/C14H22F2N2O3Si.C6H8F2O/c1-22(2,3)7-6-21-9-18-11-4-5-14(15,16)8-10(11)12(17-18)13(19)20;7-6(8)3-1-5(9)2-4-6/h4-9H2,1-3H3,(H,19,20);1-4H2. The summed E-state index contributed by atoms with van der Waals surface area (Å²) in [5.41, 5.74) is 0.442. The first-order chi connectivity index (χ1) is 14.2. The van der Waals surface area contributed by atoms with Gasteiger partial charge in [-0.2, -0.15) is 5.10 Å². The predicted octanol–water partition coefficient (Wildman–Crippen LogP) is 4.78. The highest BCUT2D eigenvalue weighted by Gasteiger charge is 2.39. The molecule has 6 nitrogen and oxygen atoms in total. The van der Waals surface area contributed by atoms with Crippen molar-refractivity contribution in [2.24, 2.45) is 0 Å². The molecular weight excluding hydrogens is 436 g/mol. The van der Waals surface area contributed by atoms with Gasteiger partial charge in [0.15, 0.2) is 5.69 Å². The maximum atomic E-state index is 13.5. The number of fused-ring (bicyclic) bond motifs is 1. The van der Waals surface area contributed by atoms with Gasteiger partial charge in [0.2, 0.25) is 5.92 Å². The number of carboxylic acids is 1. The Hall–Kier alpha value is -1.75. The van der Waals surface area contributed by atoms with Crippen LogP contribution in [-0.4, -0.2) is 53.2 Å². The Bertz CT molecular complexity index is 794. The molecule has 1 N–H and O–H groups in total. The number of aromatic carboxylic acids is 1.